The van der Waals surface area contributed by atoms with Crippen LogP contribution in [-0.2, 0) is 9.53 Å². The monoisotopic (exact) mass is 286 g/mol. The van der Waals surface area contributed by atoms with Crippen LogP contribution < -0.4 is 10.6 Å². The van der Waals surface area contributed by atoms with Gasteiger partial charge in [-0.05, 0) is 26.7 Å². The molecule has 6 nitrogen and oxygen atoms in total. The molecule has 1 fully saturated rings. The Morgan fingerprint density at radius 2 is 1.85 bits per heavy atom. The fourth-order valence-corrected chi connectivity index (χ4v) is 2.06. The molecular formula is C14H26N2O4. The van der Waals surface area contributed by atoms with E-state index in [1.807, 2.05) is 0 Å². The van der Waals surface area contributed by atoms with E-state index in [9.17, 15) is 9.59 Å². The normalized spacial score (nSPS) is 16.7. The molecule has 2 amide bonds. The van der Waals surface area contributed by atoms with Gasteiger partial charge >= 0.3 is 12.0 Å². The van der Waals surface area contributed by atoms with Crippen molar-refractivity contribution in [2.75, 3.05) is 19.7 Å². The van der Waals surface area contributed by atoms with E-state index >= 15 is 0 Å². The number of amides is 2. The van der Waals surface area contributed by atoms with Crippen LogP contribution in [0, 0.1) is 5.41 Å². The van der Waals surface area contributed by atoms with Crippen molar-refractivity contribution >= 4 is 12.0 Å². The molecule has 0 heterocycles. The van der Waals surface area contributed by atoms with E-state index in [1.54, 1.807) is 13.8 Å². The predicted octanol–water partition coefficient (Wildman–Crippen LogP) is 1.75. The molecule has 0 atom stereocenters. The summed E-state index contributed by atoms with van der Waals surface area (Å²) in [5.41, 5.74) is -0.962. The summed E-state index contributed by atoms with van der Waals surface area (Å²) in [6.45, 7) is 4.18. The van der Waals surface area contributed by atoms with Crippen molar-refractivity contribution in [2.24, 2.45) is 5.41 Å². The largest absolute Gasteiger partial charge is 0.481 e. The van der Waals surface area contributed by atoms with Crippen molar-refractivity contribution in [3.05, 3.63) is 0 Å². The summed E-state index contributed by atoms with van der Waals surface area (Å²) >= 11 is 0. The van der Waals surface area contributed by atoms with Crippen molar-refractivity contribution in [3.8, 4) is 0 Å². The lowest BCUT2D eigenvalue weighted by molar-refractivity contribution is -0.146. The number of carbonyl (C=O) groups is 2. The number of carbonyl (C=O) groups excluding carboxylic acids is 1. The van der Waals surface area contributed by atoms with Crippen molar-refractivity contribution < 1.29 is 19.4 Å². The molecule has 0 spiro atoms. The molecule has 0 bridgehead atoms. The topological polar surface area (TPSA) is 87.7 Å². The first-order valence-corrected chi connectivity index (χ1v) is 7.28. The van der Waals surface area contributed by atoms with Gasteiger partial charge in [0.1, 0.15) is 0 Å². The van der Waals surface area contributed by atoms with E-state index in [-0.39, 0.29) is 12.6 Å². The highest BCUT2D eigenvalue weighted by atomic mass is 16.5. The third kappa shape index (κ3) is 6.23. The molecule has 1 rings (SSSR count). The third-order valence-electron chi connectivity index (χ3n) is 3.56. The van der Waals surface area contributed by atoms with Gasteiger partial charge in [-0.2, -0.15) is 0 Å². The highest BCUT2D eigenvalue weighted by Crippen LogP contribution is 2.19. The second-order valence-corrected chi connectivity index (χ2v) is 5.93. The van der Waals surface area contributed by atoms with Crippen LogP contribution in [0.5, 0.6) is 0 Å². The number of rotatable bonds is 7. The summed E-state index contributed by atoms with van der Waals surface area (Å²) in [7, 11) is 0. The van der Waals surface area contributed by atoms with Gasteiger partial charge in [0.25, 0.3) is 0 Å². The number of ether oxygens (including phenoxy) is 1. The molecule has 0 aromatic heterocycles. The molecule has 0 aromatic carbocycles. The van der Waals surface area contributed by atoms with Crippen LogP contribution in [0.1, 0.15) is 46.0 Å². The quantitative estimate of drug-likeness (QED) is 0.622. The van der Waals surface area contributed by atoms with E-state index in [2.05, 4.69) is 10.6 Å². The number of carboxylic acid groups (broad SMARTS) is 1. The first-order chi connectivity index (χ1) is 9.42. The summed E-state index contributed by atoms with van der Waals surface area (Å²) in [4.78, 5) is 22.4. The van der Waals surface area contributed by atoms with E-state index in [1.165, 1.54) is 19.3 Å². The third-order valence-corrected chi connectivity index (χ3v) is 3.56. The molecule has 6 heteroatoms. The number of nitrogens with one attached hydrogen (secondary N) is 2. The Bertz CT molecular complexity index is 325. The van der Waals surface area contributed by atoms with Crippen LogP contribution in [0.2, 0.25) is 0 Å². The van der Waals surface area contributed by atoms with Gasteiger partial charge in [-0.1, -0.05) is 19.3 Å². The van der Waals surface area contributed by atoms with Gasteiger partial charge < -0.3 is 20.5 Å². The molecule has 20 heavy (non-hydrogen) atoms. The molecule has 1 aliphatic carbocycles. The summed E-state index contributed by atoms with van der Waals surface area (Å²) in [6.07, 6.45) is 6.29. The average molecular weight is 286 g/mol. The van der Waals surface area contributed by atoms with Crippen molar-refractivity contribution in [1.29, 1.82) is 0 Å². The highest BCUT2D eigenvalue weighted by Gasteiger charge is 2.27. The maximum absolute atomic E-state index is 11.5. The summed E-state index contributed by atoms with van der Waals surface area (Å²) < 4.78 is 5.68. The lowest BCUT2D eigenvalue weighted by Gasteiger charge is -2.22. The second-order valence-electron chi connectivity index (χ2n) is 5.93. The minimum atomic E-state index is -0.962. The first kappa shape index (κ1) is 16.8. The van der Waals surface area contributed by atoms with Gasteiger partial charge in [-0.3, -0.25) is 4.79 Å². The Kier molecular flexibility index (Phi) is 6.78. The zero-order valence-corrected chi connectivity index (χ0v) is 12.4. The maximum Gasteiger partial charge on any atom is 0.314 e. The lowest BCUT2D eigenvalue weighted by atomic mass is 9.94. The maximum atomic E-state index is 11.5. The van der Waals surface area contributed by atoms with Crippen LogP contribution in [-0.4, -0.2) is 42.9 Å². The molecule has 0 aromatic rings. The number of hydrogen-bond donors (Lipinski definition) is 3. The summed E-state index contributed by atoms with van der Waals surface area (Å²) in [5.74, 6) is -0.932. The van der Waals surface area contributed by atoms with E-state index in [0.29, 0.717) is 19.3 Å². The van der Waals surface area contributed by atoms with Crippen molar-refractivity contribution in [2.45, 2.75) is 52.1 Å². The summed E-state index contributed by atoms with van der Waals surface area (Å²) in [6, 6.07) is -0.355. The van der Waals surface area contributed by atoms with Gasteiger partial charge in [0, 0.05) is 13.1 Å². The Morgan fingerprint density at radius 3 is 2.45 bits per heavy atom. The molecule has 1 aliphatic rings. The standard InChI is InChI=1S/C14H26N2O4/c1-14(2,12(17)18)10-16-13(19)15-8-9-20-11-6-4-3-5-7-11/h11H,3-10H2,1-2H3,(H,17,18)(H2,15,16,19). The zero-order valence-electron chi connectivity index (χ0n) is 12.4. The van der Waals surface area contributed by atoms with Gasteiger partial charge in [-0.15, -0.1) is 0 Å². The number of aliphatic carboxylic acids is 1. The minimum Gasteiger partial charge on any atom is -0.481 e. The minimum absolute atomic E-state index is 0.0949. The second kappa shape index (κ2) is 8.09. The molecule has 3 N–H and O–H groups in total. The van der Waals surface area contributed by atoms with E-state index in [0.717, 1.165) is 12.8 Å². The first-order valence-electron chi connectivity index (χ1n) is 7.28. The Labute approximate surface area is 120 Å². The number of urea groups is 1. The predicted molar refractivity (Wildman–Crippen MR) is 75.6 cm³/mol. The zero-order chi connectivity index (χ0) is 15.0. The molecular weight excluding hydrogens is 260 g/mol. The molecule has 0 unspecified atom stereocenters. The van der Waals surface area contributed by atoms with Crippen LogP contribution in [0.15, 0.2) is 0 Å². The van der Waals surface area contributed by atoms with Crippen LogP contribution in [0.3, 0.4) is 0 Å². The SMILES string of the molecule is CC(C)(CNC(=O)NCCOC1CCCCC1)C(=O)O. The van der Waals surface area contributed by atoms with Crippen LogP contribution >= 0.6 is 0 Å². The molecule has 1 saturated carbocycles. The molecule has 0 radical (unpaired) electrons. The van der Waals surface area contributed by atoms with Crippen LogP contribution in [0.25, 0.3) is 0 Å². The van der Waals surface area contributed by atoms with E-state index in [4.69, 9.17) is 9.84 Å². The lowest BCUT2D eigenvalue weighted by Crippen LogP contribution is -2.44. The fraction of sp³-hybridized carbons (Fsp3) is 0.857. The van der Waals surface area contributed by atoms with Gasteiger partial charge in [0.05, 0.1) is 18.1 Å². The Hall–Kier alpha value is -1.30. The molecule has 0 aliphatic heterocycles. The highest BCUT2D eigenvalue weighted by molar-refractivity contribution is 5.77. The number of hydrogen-bond acceptors (Lipinski definition) is 3. The average Bonchev–Trinajstić information content (AvgIpc) is 2.42. The van der Waals surface area contributed by atoms with E-state index < -0.39 is 11.4 Å². The Balaban J connectivity index is 2.06. The molecule has 116 valence electrons. The van der Waals surface area contributed by atoms with Crippen LogP contribution in [0.4, 0.5) is 4.79 Å². The smallest absolute Gasteiger partial charge is 0.314 e. The Morgan fingerprint density at radius 1 is 1.20 bits per heavy atom. The van der Waals surface area contributed by atoms with Gasteiger partial charge in [-0.25, -0.2) is 4.79 Å². The van der Waals surface area contributed by atoms with Crippen molar-refractivity contribution in [3.63, 3.8) is 0 Å². The molecule has 0 saturated heterocycles. The van der Waals surface area contributed by atoms with Gasteiger partial charge in [0.15, 0.2) is 0 Å². The number of carboxylic acids is 1. The fourth-order valence-electron chi connectivity index (χ4n) is 2.06. The summed E-state index contributed by atoms with van der Waals surface area (Å²) in [5, 5.41) is 14.1. The van der Waals surface area contributed by atoms with Crippen molar-refractivity contribution in [1.82, 2.24) is 10.6 Å². The van der Waals surface area contributed by atoms with Gasteiger partial charge in [0.2, 0.25) is 0 Å².